The lowest BCUT2D eigenvalue weighted by Gasteiger charge is -2.36. The molecule has 2 aromatic carbocycles. The number of aromatic nitrogens is 1. The summed E-state index contributed by atoms with van der Waals surface area (Å²) in [5.74, 6) is 0.835. The molecular weight excluding hydrogens is 554 g/mol. The standard InChI is InChI=1S/C32H40BrN3O3/c1-24(2)20-35(32(38)26-13-17-30(39-3)18-14-26)23-31(37)36(28-8-5-4-6-9-28)22-29-10-7-19-34(29)21-25-11-15-27(33)16-12-25/h7,10-19,24,28H,4-6,8-9,20-23H2,1-3H3. The van der Waals surface area contributed by atoms with Crippen LogP contribution in [0.4, 0.5) is 0 Å². The highest BCUT2D eigenvalue weighted by Gasteiger charge is 2.29. The molecule has 1 heterocycles. The minimum atomic E-state index is -0.123. The van der Waals surface area contributed by atoms with E-state index in [1.807, 2.05) is 4.90 Å². The van der Waals surface area contributed by atoms with Crippen molar-refractivity contribution in [1.29, 1.82) is 0 Å². The maximum absolute atomic E-state index is 14.0. The van der Waals surface area contributed by atoms with Gasteiger partial charge in [0.05, 0.1) is 13.7 Å². The second-order valence-corrected chi connectivity index (χ2v) is 11.8. The third-order valence-corrected chi connectivity index (χ3v) is 7.92. The van der Waals surface area contributed by atoms with Gasteiger partial charge in [0, 0.05) is 41.1 Å². The molecule has 0 unspecified atom stereocenters. The number of ether oxygens (including phenoxy) is 1. The molecule has 2 amide bonds. The molecular formula is C32H40BrN3O3. The first-order valence-corrected chi connectivity index (χ1v) is 14.7. The topological polar surface area (TPSA) is 54.8 Å². The third kappa shape index (κ3) is 7.98. The lowest BCUT2D eigenvalue weighted by molar-refractivity contribution is -0.135. The monoisotopic (exact) mass is 593 g/mol. The van der Waals surface area contributed by atoms with E-state index < -0.39 is 0 Å². The predicted octanol–water partition coefficient (Wildman–Crippen LogP) is 6.77. The molecule has 1 fully saturated rings. The van der Waals surface area contributed by atoms with Gasteiger partial charge in [-0.1, -0.05) is 61.2 Å². The summed E-state index contributed by atoms with van der Waals surface area (Å²) < 4.78 is 8.53. The van der Waals surface area contributed by atoms with Gasteiger partial charge in [-0.15, -0.1) is 0 Å². The Labute approximate surface area is 241 Å². The molecule has 7 heteroatoms. The van der Waals surface area contributed by atoms with Crippen LogP contribution in [0.25, 0.3) is 0 Å². The molecule has 0 aliphatic heterocycles. The van der Waals surface area contributed by atoms with Gasteiger partial charge in [-0.3, -0.25) is 9.59 Å². The largest absolute Gasteiger partial charge is 0.497 e. The van der Waals surface area contributed by atoms with Crippen LogP contribution in [-0.4, -0.2) is 52.4 Å². The van der Waals surface area contributed by atoms with Crippen molar-refractivity contribution in [1.82, 2.24) is 14.4 Å². The van der Waals surface area contributed by atoms with Crippen LogP contribution in [0.1, 0.15) is 67.6 Å². The molecule has 0 saturated heterocycles. The van der Waals surface area contributed by atoms with E-state index in [4.69, 9.17) is 4.74 Å². The smallest absolute Gasteiger partial charge is 0.254 e. The van der Waals surface area contributed by atoms with Gasteiger partial charge in [-0.2, -0.15) is 0 Å². The fourth-order valence-corrected chi connectivity index (χ4v) is 5.62. The molecule has 6 nitrogen and oxygen atoms in total. The SMILES string of the molecule is COc1ccc(C(=O)N(CC(=O)N(Cc2cccn2Cc2ccc(Br)cc2)C2CCCCC2)CC(C)C)cc1. The van der Waals surface area contributed by atoms with E-state index >= 15 is 0 Å². The van der Waals surface area contributed by atoms with Crippen molar-refractivity contribution in [3.8, 4) is 5.75 Å². The van der Waals surface area contributed by atoms with Gasteiger partial charge in [-0.25, -0.2) is 0 Å². The molecule has 1 aliphatic rings. The van der Waals surface area contributed by atoms with Crippen molar-refractivity contribution in [2.45, 2.75) is 65.1 Å². The first kappa shape index (κ1) is 28.9. The number of benzene rings is 2. The van der Waals surface area contributed by atoms with Gasteiger partial charge >= 0.3 is 0 Å². The van der Waals surface area contributed by atoms with E-state index in [1.54, 1.807) is 36.3 Å². The Balaban J connectivity index is 1.54. The van der Waals surface area contributed by atoms with Gasteiger partial charge in [0.1, 0.15) is 12.3 Å². The lowest BCUT2D eigenvalue weighted by Crippen LogP contribution is -2.48. The molecule has 0 atom stereocenters. The first-order chi connectivity index (χ1) is 18.8. The summed E-state index contributed by atoms with van der Waals surface area (Å²) in [6.07, 6.45) is 7.59. The summed E-state index contributed by atoms with van der Waals surface area (Å²) in [6, 6.07) is 19.8. The van der Waals surface area contributed by atoms with Crippen LogP contribution in [0, 0.1) is 5.92 Å². The summed E-state index contributed by atoms with van der Waals surface area (Å²) in [4.78, 5) is 31.3. The Kier molecular flexibility index (Phi) is 10.3. The number of nitrogens with zero attached hydrogens (tertiary/aromatic N) is 3. The van der Waals surface area contributed by atoms with Crippen LogP contribution in [0.5, 0.6) is 5.75 Å². The Hall–Kier alpha value is -3.06. The van der Waals surface area contributed by atoms with E-state index in [0.717, 1.165) is 42.4 Å². The van der Waals surface area contributed by atoms with E-state index in [2.05, 4.69) is 76.9 Å². The highest BCUT2D eigenvalue weighted by atomic mass is 79.9. The number of rotatable bonds is 11. The molecule has 4 rings (SSSR count). The van der Waals surface area contributed by atoms with Crippen molar-refractivity contribution >= 4 is 27.7 Å². The summed E-state index contributed by atoms with van der Waals surface area (Å²) in [5, 5.41) is 0. The number of halogens is 1. The molecule has 1 aromatic heterocycles. The number of methoxy groups -OCH3 is 1. The lowest BCUT2D eigenvalue weighted by atomic mass is 9.94. The molecule has 0 radical (unpaired) electrons. The van der Waals surface area contributed by atoms with Crippen LogP contribution in [0.2, 0.25) is 0 Å². The predicted molar refractivity (Wildman–Crippen MR) is 159 cm³/mol. The minimum absolute atomic E-state index is 0.0146. The van der Waals surface area contributed by atoms with Crippen LogP contribution in [0.15, 0.2) is 71.3 Å². The van der Waals surface area contributed by atoms with Crippen LogP contribution >= 0.6 is 15.9 Å². The number of hydrogen-bond acceptors (Lipinski definition) is 3. The Morgan fingerprint density at radius 2 is 1.69 bits per heavy atom. The first-order valence-electron chi connectivity index (χ1n) is 13.9. The van der Waals surface area contributed by atoms with Gasteiger partial charge in [0.2, 0.25) is 5.91 Å². The zero-order valence-electron chi connectivity index (χ0n) is 23.3. The van der Waals surface area contributed by atoms with Crippen molar-refractivity contribution in [2.75, 3.05) is 20.2 Å². The zero-order valence-corrected chi connectivity index (χ0v) is 24.9. The second-order valence-electron chi connectivity index (χ2n) is 10.9. The Bertz CT molecular complexity index is 1210. The van der Waals surface area contributed by atoms with Crippen LogP contribution < -0.4 is 4.74 Å². The molecule has 0 spiro atoms. The highest BCUT2D eigenvalue weighted by Crippen LogP contribution is 2.25. The Morgan fingerprint density at radius 1 is 1.00 bits per heavy atom. The maximum atomic E-state index is 14.0. The summed E-state index contributed by atoms with van der Waals surface area (Å²) in [5.41, 5.74) is 2.88. The second kappa shape index (κ2) is 13.8. The summed E-state index contributed by atoms with van der Waals surface area (Å²) in [6.45, 7) is 6.04. The summed E-state index contributed by atoms with van der Waals surface area (Å²) >= 11 is 3.51. The number of carbonyl (C=O) groups is 2. The highest BCUT2D eigenvalue weighted by molar-refractivity contribution is 9.10. The molecule has 1 aliphatic carbocycles. The van der Waals surface area contributed by atoms with Gasteiger partial charge in [0.25, 0.3) is 5.91 Å². The van der Waals surface area contributed by atoms with Crippen molar-refractivity contribution < 1.29 is 14.3 Å². The quantitative estimate of drug-likeness (QED) is 0.246. The normalized spacial score (nSPS) is 13.9. The van der Waals surface area contributed by atoms with E-state index in [9.17, 15) is 9.59 Å². The molecule has 0 N–H and O–H groups in total. The minimum Gasteiger partial charge on any atom is -0.497 e. The zero-order chi connectivity index (χ0) is 27.8. The van der Waals surface area contributed by atoms with E-state index in [-0.39, 0.29) is 30.3 Å². The van der Waals surface area contributed by atoms with Crippen LogP contribution in [-0.2, 0) is 17.9 Å². The Morgan fingerprint density at radius 3 is 2.33 bits per heavy atom. The van der Waals surface area contributed by atoms with E-state index in [0.29, 0.717) is 24.4 Å². The fraction of sp³-hybridized carbons (Fsp3) is 0.438. The summed E-state index contributed by atoms with van der Waals surface area (Å²) in [7, 11) is 1.61. The van der Waals surface area contributed by atoms with Crippen molar-refractivity contribution in [3.63, 3.8) is 0 Å². The van der Waals surface area contributed by atoms with Gasteiger partial charge < -0.3 is 19.1 Å². The maximum Gasteiger partial charge on any atom is 0.254 e. The van der Waals surface area contributed by atoms with Crippen molar-refractivity contribution in [2.24, 2.45) is 5.92 Å². The van der Waals surface area contributed by atoms with Gasteiger partial charge in [0.15, 0.2) is 0 Å². The van der Waals surface area contributed by atoms with E-state index in [1.165, 1.54) is 12.0 Å². The van der Waals surface area contributed by atoms with Crippen LogP contribution in [0.3, 0.4) is 0 Å². The molecule has 208 valence electrons. The third-order valence-electron chi connectivity index (χ3n) is 7.39. The van der Waals surface area contributed by atoms with Crippen molar-refractivity contribution in [3.05, 3.63) is 88.2 Å². The number of amides is 2. The molecule has 39 heavy (non-hydrogen) atoms. The number of hydrogen-bond donors (Lipinski definition) is 0. The average Bonchev–Trinajstić information content (AvgIpc) is 3.38. The van der Waals surface area contributed by atoms with Gasteiger partial charge in [-0.05, 0) is 72.9 Å². The average molecular weight is 595 g/mol. The fourth-order valence-electron chi connectivity index (χ4n) is 5.35. The number of carbonyl (C=O) groups excluding carboxylic acids is 2. The molecule has 0 bridgehead atoms. The molecule has 1 saturated carbocycles. The molecule has 3 aromatic rings.